The predicted molar refractivity (Wildman–Crippen MR) is 90.7 cm³/mol. The highest BCUT2D eigenvalue weighted by Gasteiger charge is 2.17. The van der Waals surface area contributed by atoms with Gasteiger partial charge in [0.05, 0.1) is 0 Å². The highest BCUT2D eigenvalue weighted by atomic mass is 79.9. The van der Waals surface area contributed by atoms with E-state index in [9.17, 15) is 0 Å². The molecule has 20 heavy (non-hydrogen) atoms. The molecule has 0 spiro atoms. The number of hydrogen-bond donors (Lipinski definition) is 1. The Morgan fingerprint density at radius 3 is 2.45 bits per heavy atom. The molecule has 0 aliphatic carbocycles. The monoisotopic (exact) mass is 341 g/mol. The standard InChI is InChI=1S/C17H28BrNO/c1-7-17(5,6)19-11-13(4)20-16-9-8-14(18)10-15(16)12(2)3/h8-10,12-13,19H,7,11H2,1-6H3. The Morgan fingerprint density at radius 2 is 1.90 bits per heavy atom. The smallest absolute Gasteiger partial charge is 0.123 e. The Bertz CT molecular complexity index is 429. The van der Waals surface area contributed by atoms with E-state index >= 15 is 0 Å². The molecule has 1 atom stereocenters. The summed E-state index contributed by atoms with van der Waals surface area (Å²) in [7, 11) is 0. The second-order valence-electron chi connectivity index (χ2n) is 6.38. The lowest BCUT2D eigenvalue weighted by atomic mass is 10.0. The number of benzene rings is 1. The van der Waals surface area contributed by atoms with Crippen molar-refractivity contribution in [2.45, 2.75) is 65.5 Å². The second kappa shape index (κ2) is 7.46. The molecule has 3 heteroatoms. The van der Waals surface area contributed by atoms with E-state index in [0.29, 0.717) is 5.92 Å². The maximum Gasteiger partial charge on any atom is 0.123 e. The van der Waals surface area contributed by atoms with Gasteiger partial charge < -0.3 is 10.1 Å². The molecular formula is C17H28BrNO. The zero-order valence-corrected chi connectivity index (χ0v) is 15.2. The average molecular weight is 342 g/mol. The molecule has 0 saturated heterocycles. The van der Waals surface area contributed by atoms with Gasteiger partial charge in [-0.1, -0.05) is 36.7 Å². The summed E-state index contributed by atoms with van der Waals surface area (Å²) < 4.78 is 7.22. The van der Waals surface area contributed by atoms with Gasteiger partial charge in [-0.2, -0.15) is 0 Å². The van der Waals surface area contributed by atoms with Crippen LogP contribution < -0.4 is 10.1 Å². The van der Waals surface area contributed by atoms with Crippen molar-refractivity contribution in [3.63, 3.8) is 0 Å². The number of hydrogen-bond acceptors (Lipinski definition) is 2. The van der Waals surface area contributed by atoms with Gasteiger partial charge in [0.1, 0.15) is 11.9 Å². The van der Waals surface area contributed by atoms with Gasteiger partial charge in [0.25, 0.3) is 0 Å². The van der Waals surface area contributed by atoms with E-state index in [1.165, 1.54) is 5.56 Å². The molecular weight excluding hydrogens is 314 g/mol. The maximum absolute atomic E-state index is 6.12. The van der Waals surface area contributed by atoms with Crippen LogP contribution in [0.15, 0.2) is 22.7 Å². The highest BCUT2D eigenvalue weighted by Crippen LogP contribution is 2.30. The van der Waals surface area contributed by atoms with Crippen LogP contribution >= 0.6 is 15.9 Å². The molecule has 1 aromatic rings. The summed E-state index contributed by atoms with van der Waals surface area (Å²) in [5, 5.41) is 3.55. The lowest BCUT2D eigenvalue weighted by Crippen LogP contribution is -2.43. The third kappa shape index (κ3) is 5.45. The first-order valence-electron chi connectivity index (χ1n) is 7.46. The summed E-state index contributed by atoms with van der Waals surface area (Å²) in [6, 6.07) is 6.24. The van der Waals surface area contributed by atoms with Crippen LogP contribution in [0.25, 0.3) is 0 Å². The summed E-state index contributed by atoms with van der Waals surface area (Å²) >= 11 is 3.53. The summed E-state index contributed by atoms with van der Waals surface area (Å²) in [6.07, 6.45) is 1.26. The molecule has 2 nitrogen and oxygen atoms in total. The van der Waals surface area contributed by atoms with Crippen LogP contribution in [-0.4, -0.2) is 18.2 Å². The fourth-order valence-corrected chi connectivity index (χ4v) is 2.26. The largest absolute Gasteiger partial charge is 0.489 e. The molecule has 0 aliphatic rings. The van der Waals surface area contributed by atoms with Crippen LogP contribution in [0.1, 0.15) is 59.4 Å². The predicted octanol–water partition coefficient (Wildman–Crippen LogP) is 5.12. The fourth-order valence-electron chi connectivity index (χ4n) is 1.88. The zero-order valence-electron chi connectivity index (χ0n) is 13.6. The SMILES string of the molecule is CCC(C)(C)NCC(C)Oc1ccc(Br)cc1C(C)C. The quantitative estimate of drug-likeness (QED) is 0.743. The van der Waals surface area contributed by atoms with E-state index in [1.54, 1.807) is 0 Å². The molecule has 0 saturated carbocycles. The lowest BCUT2D eigenvalue weighted by Gasteiger charge is -2.27. The van der Waals surface area contributed by atoms with Crippen LogP contribution in [0.5, 0.6) is 5.75 Å². The maximum atomic E-state index is 6.12. The molecule has 0 fully saturated rings. The molecule has 1 unspecified atom stereocenters. The van der Waals surface area contributed by atoms with Crippen LogP contribution in [0.2, 0.25) is 0 Å². The van der Waals surface area contributed by atoms with Gasteiger partial charge in [-0.25, -0.2) is 0 Å². The molecule has 0 radical (unpaired) electrons. The van der Waals surface area contributed by atoms with E-state index in [-0.39, 0.29) is 11.6 Å². The van der Waals surface area contributed by atoms with E-state index in [0.717, 1.165) is 23.2 Å². The third-order valence-electron chi connectivity index (χ3n) is 3.67. The van der Waals surface area contributed by atoms with E-state index < -0.39 is 0 Å². The normalized spacial score (nSPS) is 13.6. The van der Waals surface area contributed by atoms with Crippen molar-refractivity contribution in [1.82, 2.24) is 5.32 Å². The third-order valence-corrected chi connectivity index (χ3v) is 4.17. The minimum atomic E-state index is 0.152. The minimum absolute atomic E-state index is 0.152. The van der Waals surface area contributed by atoms with Crippen molar-refractivity contribution >= 4 is 15.9 Å². The van der Waals surface area contributed by atoms with Gasteiger partial charge in [-0.05, 0) is 56.9 Å². The summed E-state index contributed by atoms with van der Waals surface area (Å²) in [4.78, 5) is 0. The van der Waals surface area contributed by atoms with Gasteiger partial charge in [0, 0.05) is 16.6 Å². The summed E-state index contributed by atoms with van der Waals surface area (Å²) in [5.74, 6) is 1.45. The Hall–Kier alpha value is -0.540. The first-order chi connectivity index (χ1) is 9.25. The lowest BCUT2D eigenvalue weighted by molar-refractivity contribution is 0.196. The van der Waals surface area contributed by atoms with Crippen LogP contribution in [0, 0.1) is 0 Å². The van der Waals surface area contributed by atoms with Crippen molar-refractivity contribution in [2.24, 2.45) is 0 Å². The van der Waals surface area contributed by atoms with Crippen LogP contribution in [0.3, 0.4) is 0 Å². The van der Waals surface area contributed by atoms with Gasteiger partial charge in [-0.3, -0.25) is 0 Å². The molecule has 1 aromatic carbocycles. The first-order valence-corrected chi connectivity index (χ1v) is 8.25. The van der Waals surface area contributed by atoms with Crippen molar-refractivity contribution in [3.8, 4) is 5.75 Å². The van der Waals surface area contributed by atoms with Gasteiger partial charge in [0.2, 0.25) is 0 Å². The highest BCUT2D eigenvalue weighted by molar-refractivity contribution is 9.10. The molecule has 0 aliphatic heterocycles. The molecule has 0 aromatic heterocycles. The number of halogens is 1. The van der Waals surface area contributed by atoms with Crippen molar-refractivity contribution in [3.05, 3.63) is 28.2 Å². The van der Waals surface area contributed by atoms with Gasteiger partial charge in [0.15, 0.2) is 0 Å². The van der Waals surface area contributed by atoms with E-state index in [2.05, 4.69) is 74.9 Å². The Morgan fingerprint density at radius 1 is 1.25 bits per heavy atom. The molecule has 0 amide bonds. The minimum Gasteiger partial charge on any atom is -0.489 e. The number of ether oxygens (including phenoxy) is 1. The second-order valence-corrected chi connectivity index (χ2v) is 7.30. The van der Waals surface area contributed by atoms with E-state index in [1.807, 2.05) is 6.07 Å². The Labute approximate surface area is 132 Å². The average Bonchev–Trinajstić information content (AvgIpc) is 2.38. The van der Waals surface area contributed by atoms with Crippen molar-refractivity contribution < 1.29 is 4.74 Å². The molecule has 0 bridgehead atoms. The Kier molecular flexibility index (Phi) is 6.53. The molecule has 1 N–H and O–H groups in total. The van der Waals surface area contributed by atoms with E-state index in [4.69, 9.17) is 4.74 Å². The summed E-state index contributed by atoms with van der Waals surface area (Å²) in [5.41, 5.74) is 1.42. The zero-order chi connectivity index (χ0) is 15.3. The topological polar surface area (TPSA) is 21.3 Å². The van der Waals surface area contributed by atoms with Crippen LogP contribution in [-0.2, 0) is 0 Å². The fraction of sp³-hybridized carbons (Fsp3) is 0.647. The van der Waals surface area contributed by atoms with Gasteiger partial charge >= 0.3 is 0 Å². The van der Waals surface area contributed by atoms with Crippen molar-refractivity contribution in [1.29, 1.82) is 0 Å². The first kappa shape index (κ1) is 17.5. The molecule has 114 valence electrons. The van der Waals surface area contributed by atoms with Crippen LogP contribution in [0.4, 0.5) is 0 Å². The molecule has 0 heterocycles. The Balaban J connectivity index is 2.68. The number of nitrogens with one attached hydrogen (secondary N) is 1. The number of rotatable bonds is 7. The summed E-state index contributed by atoms with van der Waals surface area (Å²) in [6.45, 7) is 14.0. The van der Waals surface area contributed by atoms with Crippen molar-refractivity contribution in [2.75, 3.05) is 6.54 Å². The van der Waals surface area contributed by atoms with Gasteiger partial charge in [-0.15, -0.1) is 0 Å². The molecule has 1 rings (SSSR count).